The van der Waals surface area contributed by atoms with Gasteiger partial charge in [-0.15, -0.1) is 0 Å². The molecule has 1 unspecified atom stereocenters. The van der Waals surface area contributed by atoms with Crippen molar-refractivity contribution in [1.82, 2.24) is 9.97 Å². The minimum atomic E-state index is 0.0673. The Kier molecular flexibility index (Phi) is 3.36. The highest BCUT2D eigenvalue weighted by molar-refractivity contribution is 6.35. The molecule has 0 saturated carbocycles. The molecule has 3 rings (SSSR count). The molecule has 6 heteroatoms. The van der Waals surface area contributed by atoms with E-state index in [0.29, 0.717) is 16.6 Å². The first-order valence-corrected chi connectivity index (χ1v) is 6.88. The number of aromatic hydroxyl groups is 1. The predicted molar refractivity (Wildman–Crippen MR) is 78.9 cm³/mol. The van der Waals surface area contributed by atoms with Crippen molar-refractivity contribution < 1.29 is 5.11 Å². The van der Waals surface area contributed by atoms with Crippen molar-refractivity contribution in [3.05, 3.63) is 40.7 Å². The minimum Gasteiger partial charge on any atom is -0.508 e. The smallest absolute Gasteiger partial charge is 0.150 e. The number of hydrogen-bond acceptors (Lipinski definition) is 5. The zero-order valence-electron chi connectivity index (χ0n) is 10.8. The molecule has 0 amide bonds. The first kappa shape index (κ1) is 13.0. The molecule has 1 aromatic carbocycles. The van der Waals surface area contributed by atoms with E-state index >= 15 is 0 Å². The number of rotatable bonds is 2. The lowest BCUT2D eigenvalue weighted by Crippen LogP contribution is -2.18. The molecule has 5 nitrogen and oxygen atoms in total. The zero-order chi connectivity index (χ0) is 14.1. The predicted octanol–water partition coefficient (Wildman–Crippen LogP) is 2.91. The largest absolute Gasteiger partial charge is 0.508 e. The second kappa shape index (κ2) is 5.17. The second-order valence-electron chi connectivity index (χ2n) is 4.86. The number of hydrogen-bond donors (Lipinski definition) is 3. The van der Waals surface area contributed by atoms with Crippen LogP contribution < -0.4 is 11.1 Å². The summed E-state index contributed by atoms with van der Waals surface area (Å²) in [5.41, 5.74) is 7.76. The summed E-state index contributed by atoms with van der Waals surface area (Å²) in [6.07, 6.45) is 4.23. The van der Waals surface area contributed by atoms with Gasteiger partial charge in [-0.2, -0.15) is 0 Å². The highest BCUT2D eigenvalue weighted by atomic mass is 35.5. The van der Waals surface area contributed by atoms with E-state index in [-0.39, 0.29) is 11.9 Å². The van der Waals surface area contributed by atoms with E-state index < -0.39 is 0 Å². The third-order valence-electron chi connectivity index (χ3n) is 3.61. The Bertz CT molecular complexity index is 647. The van der Waals surface area contributed by atoms with Gasteiger partial charge in [0.05, 0.1) is 6.04 Å². The fraction of sp³-hybridized carbons (Fsp3) is 0.286. The normalized spacial score (nSPS) is 17.6. The molecule has 0 fully saturated rings. The van der Waals surface area contributed by atoms with E-state index in [9.17, 15) is 5.11 Å². The van der Waals surface area contributed by atoms with Crippen molar-refractivity contribution in [3.63, 3.8) is 0 Å². The Hall–Kier alpha value is -2.01. The molecule has 104 valence electrons. The van der Waals surface area contributed by atoms with Crippen LogP contribution in [0.1, 0.15) is 30.0 Å². The number of fused-ring (bicyclic) bond motifs is 1. The molecule has 1 heterocycles. The summed E-state index contributed by atoms with van der Waals surface area (Å²) < 4.78 is 0. The molecule has 1 aliphatic rings. The molecule has 1 atom stereocenters. The molecule has 0 bridgehead atoms. The lowest BCUT2D eigenvalue weighted by Gasteiger charge is -2.27. The van der Waals surface area contributed by atoms with E-state index in [1.807, 2.05) is 12.1 Å². The highest BCUT2D eigenvalue weighted by Crippen LogP contribution is 2.37. The van der Waals surface area contributed by atoms with Crippen LogP contribution in [0.25, 0.3) is 0 Å². The van der Waals surface area contributed by atoms with Gasteiger partial charge in [0, 0.05) is 0 Å². The molecule has 0 spiro atoms. The minimum absolute atomic E-state index is 0.0673. The molecule has 0 radical (unpaired) electrons. The van der Waals surface area contributed by atoms with E-state index in [2.05, 4.69) is 15.3 Å². The number of nitrogens with zero attached hydrogens (tertiary/aromatic N) is 2. The number of nitrogens with one attached hydrogen (secondary N) is 1. The van der Waals surface area contributed by atoms with Crippen LogP contribution in [0, 0.1) is 0 Å². The van der Waals surface area contributed by atoms with E-state index in [1.54, 1.807) is 6.07 Å². The summed E-state index contributed by atoms with van der Waals surface area (Å²) in [5, 5.41) is 13.6. The van der Waals surface area contributed by atoms with Gasteiger partial charge >= 0.3 is 0 Å². The number of aromatic nitrogens is 2. The first-order chi connectivity index (χ1) is 9.66. The van der Waals surface area contributed by atoms with Crippen LogP contribution in [0.15, 0.2) is 24.5 Å². The quantitative estimate of drug-likeness (QED) is 0.792. The van der Waals surface area contributed by atoms with Crippen molar-refractivity contribution in [2.75, 3.05) is 11.1 Å². The number of nitrogens with two attached hydrogens (primary N) is 1. The van der Waals surface area contributed by atoms with Crippen LogP contribution in [0.2, 0.25) is 5.02 Å². The van der Waals surface area contributed by atoms with Crippen molar-refractivity contribution in [3.8, 4) is 5.75 Å². The van der Waals surface area contributed by atoms with Gasteiger partial charge in [0.1, 0.15) is 22.9 Å². The maximum atomic E-state index is 9.94. The Morgan fingerprint density at radius 3 is 3.05 bits per heavy atom. The van der Waals surface area contributed by atoms with Gasteiger partial charge in [-0.25, -0.2) is 9.97 Å². The second-order valence-corrected chi connectivity index (χ2v) is 5.23. The van der Waals surface area contributed by atoms with Gasteiger partial charge in [0.15, 0.2) is 5.82 Å². The van der Waals surface area contributed by atoms with Gasteiger partial charge < -0.3 is 16.2 Å². The third-order valence-corrected chi connectivity index (χ3v) is 3.98. The molecule has 0 saturated heterocycles. The van der Waals surface area contributed by atoms with Gasteiger partial charge in [-0.05, 0) is 36.5 Å². The zero-order valence-corrected chi connectivity index (χ0v) is 11.6. The number of nitrogen functional groups attached to an aromatic ring is 1. The lowest BCUT2D eigenvalue weighted by atomic mass is 9.87. The maximum absolute atomic E-state index is 9.94. The number of phenolic OH excluding ortho intramolecular Hbond substituents is 1. The van der Waals surface area contributed by atoms with Gasteiger partial charge in [0.25, 0.3) is 0 Å². The number of halogens is 1. The van der Waals surface area contributed by atoms with Crippen molar-refractivity contribution in [2.45, 2.75) is 25.3 Å². The molecular formula is C14H15ClN4O. The van der Waals surface area contributed by atoms with Crippen molar-refractivity contribution in [2.24, 2.45) is 0 Å². The van der Waals surface area contributed by atoms with Crippen LogP contribution in [0.5, 0.6) is 5.75 Å². The summed E-state index contributed by atoms with van der Waals surface area (Å²) in [7, 11) is 0. The molecule has 2 aromatic rings. The van der Waals surface area contributed by atoms with Gasteiger partial charge in [0.2, 0.25) is 0 Å². The molecule has 4 N–H and O–H groups in total. The van der Waals surface area contributed by atoms with Gasteiger partial charge in [-0.1, -0.05) is 23.7 Å². The molecule has 1 aromatic heterocycles. The van der Waals surface area contributed by atoms with Crippen LogP contribution >= 0.6 is 11.6 Å². The van der Waals surface area contributed by atoms with Crippen molar-refractivity contribution >= 4 is 23.2 Å². The Morgan fingerprint density at radius 1 is 1.35 bits per heavy atom. The molecule has 0 aliphatic heterocycles. The summed E-state index contributed by atoms with van der Waals surface area (Å²) in [5.74, 6) is 1.14. The average molecular weight is 291 g/mol. The van der Waals surface area contributed by atoms with Gasteiger partial charge in [-0.3, -0.25) is 0 Å². The lowest BCUT2D eigenvalue weighted by molar-refractivity contribution is 0.457. The Morgan fingerprint density at radius 2 is 2.20 bits per heavy atom. The van der Waals surface area contributed by atoms with Crippen LogP contribution in [-0.4, -0.2) is 15.1 Å². The molecular weight excluding hydrogens is 276 g/mol. The number of benzene rings is 1. The fourth-order valence-electron chi connectivity index (χ4n) is 2.63. The first-order valence-electron chi connectivity index (χ1n) is 6.50. The van der Waals surface area contributed by atoms with E-state index in [1.165, 1.54) is 6.33 Å². The fourth-order valence-corrected chi connectivity index (χ4v) is 2.78. The van der Waals surface area contributed by atoms with E-state index in [4.69, 9.17) is 17.3 Å². The topological polar surface area (TPSA) is 84.1 Å². The van der Waals surface area contributed by atoms with Crippen molar-refractivity contribution in [1.29, 1.82) is 0 Å². The summed E-state index contributed by atoms with van der Waals surface area (Å²) >= 11 is 6.11. The summed E-state index contributed by atoms with van der Waals surface area (Å²) in [6, 6.07) is 5.66. The Balaban J connectivity index is 1.94. The Labute approximate surface area is 121 Å². The standard InChI is InChI=1S/C14H15ClN4O/c15-12-13(16)17-7-18-14(12)19-10-5-1-4-9-8(10)3-2-6-11(9)20/h2-3,6-7,10,20H,1,4-5H2,(H3,16,17,18,19). The maximum Gasteiger partial charge on any atom is 0.150 e. The number of phenols is 1. The van der Waals surface area contributed by atoms with E-state index in [0.717, 1.165) is 30.4 Å². The highest BCUT2D eigenvalue weighted by Gasteiger charge is 2.23. The monoisotopic (exact) mass is 290 g/mol. The average Bonchev–Trinajstić information content (AvgIpc) is 2.45. The van der Waals surface area contributed by atoms with Crippen LogP contribution in [0.4, 0.5) is 11.6 Å². The molecule has 20 heavy (non-hydrogen) atoms. The van der Waals surface area contributed by atoms with Crippen LogP contribution in [0.3, 0.4) is 0 Å². The number of anilines is 2. The molecule has 1 aliphatic carbocycles. The van der Waals surface area contributed by atoms with Crippen LogP contribution in [-0.2, 0) is 6.42 Å². The summed E-state index contributed by atoms with van der Waals surface area (Å²) in [4.78, 5) is 7.98. The SMILES string of the molecule is Nc1ncnc(NC2CCCc3c(O)cccc32)c1Cl. The summed E-state index contributed by atoms with van der Waals surface area (Å²) in [6.45, 7) is 0. The third kappa shape index (κ3) is 2.25.